The van der Waals surface area contributed by atoms with Crippen molar-refractivity contribution in [2.45, 2.75) is 26.7 Å². The molecule has 0 spiro atoms. The van der Waals surface area contributed by atoms with Crippen LogP contribution in [0.25, 0.3) is 0 Å². The van der Waals surface area contributed by atoms with Crippen molar-refractivity contribution in [2.75, 3.05) is 0 Å². The molecule has 0 aliphatic heterocycles. The van der Waals surface area contributed by atoms with Crippen molar-refractivity contribution in [2.24, 2.45) is 11.8 Å². The van der Waals surface area contributed by atoms with Crippen LogP contribution in [-0.2, 0) is 0 Å². The molecule has 0 aromatic rings. The van der Waals surface area contributed by atoms with Gasteiger partial charge in [-0.15, -0.1) is 0 Å². The number of hydrogen-bond acceptors (Lipinski definition) is 2. The normalized spacial score (nSPS) is 26.1. The fourth-order valence-corrected chi connectivity index (χ4v) is 2.77. The molecule has 0 aromatic carbocycles. The molecule has 2 unspecified atom stereocenters. The van der Waals surface area contributed by atoms with Crippen LogP contribution in [0.1, 0.15) is 26.7 Å². The van der Waals surface area contributed by atoms with Gasteiger partial charge in [-0.3, -0.25) is 0 Å². The Morgan fingerprint density at radius 2 is 1.44 bits per heavy atom. The van der Waals surface area contributed by atoms with E-state index in [9.17, 15) is 0 Å². The van der Waals surface area contributed by atoms with Crippen molar-refractivity contribution in [3.63, 3.8) is 0 Å². The molecule has 2 aliphatic carbocycles. The van der Waals surface area contributed by atoms with Gasteiger partial charge in [-0.25, -0.2) is 0 Å². The van der Waals surface area contributed by atoms with Gasteiger partial charge in [0.15, 0.2) is 0 Å². The number of nitriles is 2. The Balaban J connectivity index is 2.60. The van der Waals surface area contributed by atoms with Crippen LogP contribution >= 0.6 is 0 Å². The average Bonchev–Trinajstić information content (AvgIpc) is 2.61. The SMILES string of the molecule is CC1=C(C)CC2C=CC=CC(C1)C2=C(C#N)C#N. The minimum absolute atomic E-state index is 0.191. The van der Waals surface area contributed by atoms with E-state index in [0.29, 0.717) is 5.57 Å². The lowest BCUT2D eigenvalue weighted by Gasteiger charge is -2.19. The van der Waals surface area contributed by atoms with Gasteiger partial charge in [0.05, 0.1) is 0 Å². The van der Waals surface area contributed by atoms with E-state index < -0.39 is 0 Å². The molecule has 2 rings (SSSR count). The van der Waals surface area contributed by atoms with Crippen molar-refractivity contribution in [3.8, 4) is 12.1 Å². The van der Waals surface area contributed by atoms with Gasteiger partial charge >= 0.3 is 0 Å². The van der Waals surface area contributed by atoms with Gasteiger partial charge in [0.2, 0.25) is 0 Å². The molecule has 0 N–H and O–H groups in total. The molecule has 2 heteroatoms. The number of allylic oxidation sites excluding steroid dienone is 8. The minimum Gasteiger partial charge on any atom is -0.192 e. The van der Waals surface area contributed by atoms with Crippen LogP contribution in [0.15, 0.2) is 46.6 Å². The zero-order valence-corrected chi connectivity index (χ0v) is 10.8. The summed E-state index contributed by atoms with van der Waals surface area (Å²) in [6.45, 7) is 4.31. The topological polar surface area (TPSA) is 47.6 Å². The van der Waals surface area contributed by atoms with Crippen LogP contribution in [-0.4, -0.2) is 0 Å². The van der Waals surface area contributed by atoms with Crippen LogP contribution in [0.2, 0.25) is 0 Å². The van der Waals surface area contributed by atoms with Gasteiger partial charge in [-0.05, 0) is 32.3 Å². The molecular weight excluding hydrogens is 220 g/mol. The summed E-state index contributed by atoms with van der Waals surface area (Å²) in [6, 6.07) is 4.13. The van der Waals surface area contributed by atoms with E-state index in [1.807, 2.05) is 12.2 Å². The molecule has 2 atom stereocenters. The number of fused-ring (bicyclic) bond motifs is 2. The van der Waals surface area contributed by atoms with Gasteiger partial charge < -0.3 is 0 Å². The molecule has 0 heterocycles. The fraction of sp³-hybridized carbons (Fsp3) is 0.375. The maximum Gasteiger partial charge on any atom is 0.130 e. The van der Waals surface area contributed by atoms with E-state index in [4.69, 9.17) is 10.5 Å². The third-order valence-electron chi connectivity index (χ3n) is 3.89. The lowest BCUT2D eigenvalue weighted by Crippen LogP contribution is -2.10. The number of rotatable bonds is 0. The van der Waals surface area contributed by atoms with E-state index in [1.165, 1.54) is 11.1 Å². The molecule has 0 amide bonds. The first-order valence-electron chi connectivity index (χ1n) is 6.21. The van der Waals surface area contributed by atoms with E-state index in [1.54, 1.807) is 0 Å². The number of nitrogens with zero attached hydrogens (tertiary/aromatic N) is 2. The lowest BCUT2D eigenvalue weighted by molar-refractivity contribution is 0.652. The maximum absolute atomic E-state index is 9.16. The molecule has 2 bridgehead atoms. The molecule has 2 aliphatic rings. The highest BCUT2D eigenvalue weighted by Gasteiger charge is 2.28. The quantitative estimate of drug-likeness (QED) is 0.474. The molecule has 0 saturated carbocycles. The van der Waals surface area contributed by atoms with Crippen LogP contribution in [0, 0.1) is 34.5 Å². The molecule has 18 heavy (non-hydrogen) atoms. The first-order valence-corrected chi connectivity index (χ1v) is 6.21. The van der Waals surface area contributed by atoms with Crippen molar-refractivity contribution < 1.29 is 0 Å². The fourth-order valence-electron chi connectivity index (χ4n) is 2.77. The molecule has 0 saturated heterocycles. The van der Waals surface area contributed by atoms with Gasteiger partial charge in [0.1, 0.15) is 17.7 Å². The molecular formula is C16H16N2. The van der Waals surface area contributed by atoms with Crippen LogP contribution < -0.4 is 0 Å². The van der Waals surface area contributed by atoms with Crippen molar-refractivity contribution in [1.29, 1.82) is 10.5 Å². The van der Waals surface area contributed by atoms with Crippen LogP contribution in [0.3, 0.4) is 0 Å². The van der Waals surface area contributed by atoms with E-state index in [2.05, 4.69) is 38.1 Å². The Morgan fingerprint density at radius 1 is 1.00 bits per heavy atom. The molecule has 0 fully saturated rings. The Labute approximate surface area is 108 Å². The zero-order chi connectivity index (χ0) is 13.1. The average molecular weight is 236 g/mol. The van der Waals surface area contributed by atoms with E-state index in [0.717, 1.165) is 18.4 Å². The maximum atomic E-state index is 9.16. The second-order valence-electron chi connectivity index (χ2n) is 5.01. The summed E-state index contributed by atoms with van der Waals surface area (Å²) in [4.78, 5) is 0. The van der Waals surface area contributed by atoms with E-state index >= 15 is 0 Å². The van der Waals surface area contributed by atoms with Crippen molar-refractivity contribution >= 4 is 0 Å². The Hall–Kier alpha value is -2.06. The predicted octanol–water partition coefficient (Wildman–Crippen LogP) is 3.82. The Morgan fingerprint density at radius 3 is 1.83 bits per heavy atom. The molecule has 0 radical (unpaired) electrons. The highest BCUT2D eigenvalue weighted by atomic mass is 14.4. The van der Waals surface area contributed by atoms with Gasteiger partial charge in [-0.1, -0.05) is 35.5 Å². The molecule has 2 nitrogen and oxygen atoms in total. The first kappa shape index (κ1) is 12.4. The van der Waals surface area contributed by atoms with E-state index in [-0.39, 0.29) is 11.8 Å². The standard InChI is InChI=1S/C16H16N2/c1-11-7-13-5-3-4-6-14(8-12(11)2)16(13)15(9-17)10-18/h3-6,13-14H,7-8H2,1-2H3. The zero-order valence-electron chi connectivity index (χ0n) is 10.8. The molecule has 90 valence electrons. The van der Waals surface area contributed by atoms with Gasteiger partial charge in [0.25, 0.3) is 0 Å². The van der Waals surface area contributed by atoms with Gasteiger partial charge in [0, 0.05) is 11.8 Å². The largest absolute Gasteiger partial charge is 0.192 e. The third-order valence-corrected chi connectivity index (χ3v) is 3.89. The summed E-state index contributed by atoms with van der Waals surface area (Å²) in [7, 11) is 0. The predicted molar refractivity (Wildman–Crippen MR) is 71.1 cm³/mol. The Kier molecular flexibility index (Phi) is 3.49. The van der Waals surface area contributed by atoms with Crippen LogP contribution in [0.5, 0.6) is 0 Å². The summed E-state index contributed by atoms with van der Waals surface area (Å²) in [5.74, 6) is 0.383. The second-order valence-corrected chi connectivity index (χ2v) is 5.01. The summed E-state index contributed by atoms with van der Waals surface area (Å²) < 4.78 is 0. The first-order chi connectivity index (χ1) is 8.67. The summed E-state index contributed by atoms with van der Waals surface area (Å²) in [6.07, 6.45) is 10.1. The summed E-state index contributed by atoms with van der Waals surface area (Å²) in [5, 5.41) is 18.3. The third kappa shape index (κ3) is 2.15. The smallest absolute Gasteiger partial charge is 0.130 e. The van der Waals surface area contributed by atoms with Gasteiger partial charge in [-0.2, -0.15) is 10.5 Å². The lowest BCUT2D eigenvalue weighted by atomic mass is 9.83. The highest BCUT2D eigenvalue weighted by Crippen LogP contribution is 2.40. The second kappa shape index (κ2) is 5.07. The highest BCUT2D eigenvalue weighted by molar-refractivity contribution is 5.47. The minimum atomic E-state index is 0.191. The monoisotopic (exact) mass is 236 g/mol. The number of hydrogen-bond donors (Lipinski definition) is 0. The summed E-state index contributed by atoms with van der Waals surface area (Å²) >= 11 is 0. The van der Waals surface area contributed by atoms with Crippen molar-refractivity contribution in [1.82, 2.24) is 0 Å². The summed E-state index contributed by atoms with van der Waals surface area (Å²) in [5.41, 5.74) is 4.07. The van der Waals surface area contributed by atoms with Crippen LogP contribution in [0.4, 0.5) is 0 Å². The van der Waals surface area contributed by atoms with Crippen molar-refractivity contribution in [3.05, 3.63) is 46.6 Å². The molecule has 0 aromatic heterocycles. The Bertz CT molecular complexity index is 511.